The predicted molar refractivity (Wildman–Crippen MR) is 111 cm³/mol. The molecule has 0 aliphatic carbocycles. The minimum absolute atomic E-state index is 0.0653. The Hall–Kier alpha value is -3.31. The second-order valence-electron chi connectivity index (χ2n) is 6.18. The molecule has 0 atom stereocenters. The monoisotopic (exact) mass is 391 g/mol. The molecule has 6 heteroatoms. The molecule has 4 rings (SSSR count). The van der Waals surface area contributed by atoms with E-state index in [1.54, 1.807) is 28.8 Å². The van der Waals surface area contributed by atoms with Gasteiger partial charge in [0, 0.05) is 10.4 Å². The van der Waals surface area contributed by atoms with Crippen LogP contribution in [0, 0.1) is 0 Å². The topological polar surface area (TPSA) is 59.1 Å². The number of rotatable bonds is 6. The van der Waals surface area contributed by atoms with E-state index in [1.165, 1.54) is 0 Å². The highest BCUT2D eigenvalue weighted by Gasteiger charge is 2.16. The Morgan fingerprint density at radius 1 is 0.857 bits per heavy atom. The maximum Gasteiger partial charge on any atom is 0.220 e. The number of azo groups is 1. The van der Waals surface area contributed by atoms with Crippen LogP contribution in [0.25, 0.3) is 10.9 Å². The Morgan fingerprint density at radius 2 is 1.57 bits per heavy atom. The van der Waals surface area contributed by atoms with Gasteiger partial charge in [-0.1, -0.05) is 48.0 Å². The molecule has 1 heterocycles. The number of hydrogen-bond acceptors (Lipinski definition) is 4. The summed E-state index contributed by atoms with van der Waals surface area (Å²) in [7, 11) is 0. The normalized spacial score (nSPS) is 11.3. The summed E-state index contributed by atoms with van der Waals surface area (Å²) in [5.41, 5.74) is 1.97. The van der Waals surface area contributed by atoms with Crippen molar-refractivity contribution in [2.75, 3.05) is 6.61 Å². The van der Waals surface area contributed by atoms with E-state index in [0.29, 0.717) is 29.5 Å². The Bertz CT molecular complexity index is 1110. The predicted octanol–water partition coefficient (Wildman–Crippen LogP) is 6.49. The van der Waals surface area contributed by atoms with Crippen LogP contribution in [-0.2, 0) is 6.54 Å². The standard InChI is InChI=1S/C22H18ClN3O2/c23-16-10-12-17(13-11-16)24-25-21-19-8-4-5-9-20(19)26(22(21)27)14-15-28-18-6-2-1-3-7-18/h1-13,27H,14-15H2. The van der Waals surface area contributed by atoms with Gasteiger partial charge >= 0.3 is 0 Å². The van der Waals surface area contributed by atoms with Crippen molar-refractivity contribution in [1.82, 2.24) is 4.57 Å². The third-order valence-electron chi connectivity index (χ3n) is 4.34. The molecule has 0 spiro atoms. The van der Waals surface area contributed by atoms with Crippen LogP contribution in [0.4, 0.5) is 11.4 Å². The minimum Gasteiger partial charge on any atom is -0.493 e. The summed E-state index contributed by atoms with van der Waals surface area (Å²) in [6, 6.07) is 24.3. The molecule has 4 aromatic rings. The molecule has 0 unspecified atom stereocenters. The highest BCUT2D eigenvalue weighted by molar-refractivity contribution is 6.30. The van der Waals surface area contributed by atoms with Crippen molar-refractivity contribution < 1.29 is 9.84 Å². The summed E-state index contributed by atoms with van der Waals surface area (Å²) in [4.78, 5) is 0. The molecule has 0 bridgehead atoms. The molecular formula is C22H18ClN3O2. The van der Waals surface area contributed by atoms with Crippen molar-refractivity contribution in [1.29, 1.82) is 0 Å². The highest BCUT2D eigenvalue weighted by atomic mass is 35.5. The number of halogens is 1. The minimum atomic E-state index is 0.0653. The molecule has 28 heavy (non-hydrogen) atoms. The fourth-order valence-corrected chi connectivity index (χ4v) is 3.11. The van der Waals surface area contributed by atoms with E-state index in [0.717, 1.165) is 16.7 Å². The highest BCUT2D eigenvalue weighted by Crippen LogP contribution is 2.39. The first-order valence-electron chi connectivity index (χ1n) is 8.88. The number of aromatic nitrogens is 1. The van der Waals surface area contributed by atoms with Crippen LogP contribution in [-0.4, -0.2) is 16.3 Å². The van der Waals surface area contributed by atoms with Crippen LogP contribution >= 0.6 is 11.6 Å². The molecule has 3 aromatic carbocycles. The van der Waals surface area contributed by atoms with E-state index in [-0.39, 0.29) is 5.88 Å². The van der Waals surface area contributed by atoms with Gasteiger partial charge in [0.25, 0.3) is 0 Å². The van der Waals surface area contributed by atoms with E-state index >= 15 is 0 Å². The molecule has 0 amide bonds. The fraction of sp³-hybridized carbons (Fsp3) is 0.0909. The zero-order valence-corrected chi connectivity index (χ0v) is 15.8. The van der Waals surface area contributed by atoms with Gasteiger partial charge in [-0.3, -0.25) is 0 Å². The van der Waals surface area contributed by atoms with Crippen molar-refractivity contribution in [3.8, 4) is 11.6 Å². The first-order valence-corrected chi connectivity index (χ1v) is 9.25. The quantitative estimate of drug-likeness (QED) is 0.381. The molecule has 140 valence electrons. The van der Waals surface area contributed by atoms with Gasteiger partial charge in [0.1, 0.15) is 12.4 Å². The lowest BCUT2D eigenvalue weighted by atomic mass is 10.2. The summed E-state index contributed by atoms with van der Waals surface area (Å²) in [6.45, 7) is 0.904. The summed E-state index contributed by atoms with van der Waals surface area (Å²) in [6.07, 6.45) is 0. The fourth-order valence-electron chi connectivity index (χ4n) is 2.98. The van der Waals surface area contributed by atoms with E-state index in [4.69, 9.17) is 16.3 Å². The Balaban J connectivity index is 1.60. The molecule has 0 saturated heterocycles. The molecule has 5 nitrogen and oxygen atoms in total. The summed E-state index contributed by atoms with van der Waals surface area (Å²) in [5.74, 6) is 0.858. The first-order chi connectivity index (χ1) is 13.7. The number of aromatic hydroxyl groups is 1. The van der Waals surface area contributed by atoms with Gasteiger partial charge in [0.2, 0.25) is 5.88 Å². The molecule has 1 aromatic heterocycles. The molecule has 0 saturated carbocycles. The smallest absolute Gasteiger partial charge is 0.220 e. The number of hydrogen-bond donors (Lipinski definition) is 1. The van der Waals surface area contributed by atoms with Gasteiger partial charge < -0.3 is 14.4 Å². The third kappa shape index (κ3) is 3.85. The van der Waals surface area contributed by atoms with Gasteiger partial charge in [0.05, 0.1) is 17.7 Å². The number of ether oxygens (including phenoxy) is 1. The van der Waals surface area contributed by atoms with Gasteiger partial charge in [-0.15, -0.1) is 5.11 Å². The zero-order chi connectivity index (χ0) is 19.3. The summed E-state index contributed by atoms with van der Waals surface area (Å²) >= 11 is 5.90. The number of para-hydroxylation sites is 2. The number of fused-ring (bicyclic) bond motifs is 1. The molecule has 0 radical (unpaired) electrons. The average Bonchev–Trinajstić information content (AvgIpc) is 3.00. The Labute approximate surface area is 167 Å². The Kier molecular flexibility index (Phi) is 5.26. The van der Waals surface area contributed by atoms with Crippen molar-refractivity contribution in [2.45, 2.75) is 6.54 Å². The summed E-state index contributed by atoms with van der Waals surface area (Å²) < 4.78 is 7.55. The maximum atomic E-state index is 10.8. The van der Waals surface area contributed by atoms with Crippen LogP contribution in [0.2, 0.25) is 5.02 Å². The maximum absolute atomic E-state index is 10.8. The van der Waals surface area contributed by atoms with E-state index in [2.05, 4.69) is 10.2 Å². The second kappa shape index (κ2) is 8.15. The number of nitrogens with zero attached hydrogens (tertiary/aromatic N) is 3. The van der Waals surface area contributed by atoms with E-state index < -0.39 is 0 Å². The lowest BCUT2D eigenvalue weighted by Gasteiger charge is -2.09. The molecule has 0 aliphatic rings. The molecule has 1 N–H and O–H groups in total. The zero-order valence-electron chi connectivity index (χ0n) is 15.0. The Morgan fingerprint density at radius 3 is 2.36 bits per heavy atom. The molecule has 0 aliphatic heterocycles. The van der Waals surface area contributed by atoms with Crippen molar-refractivity contribution in [3.63, 3.8) is 0 Å². The van der Waals surface area contributed by atoms with Crippen LogP contribution in [0.3, 0.4) is 0 Å². The third-order valence-corrected chi connectivity index (χ3v) is 4.59. The SMILES string of the molecule is Oc1c(N=Nc2ccc(Cl)cc2)c2ccccc2n1CCOc1ccccc1. The van der Waals surface area contributed by atoms with Crippen molar-refractivity contribution >= 4 is 33.9 Å². The van der Waals surface area contributed by atoms with E-state index in [1.807, 2.05) is 54.6 Å². The van der Waals surface area contributed by atoms with Crippen molar-refractivity contribution in [3.05, 3.63) is 83.9 Å². The van der Waals surface area contributed by atoms with E-state index in [9.17, 15) is 5.11 Å². The van der Waals surface area contributed by atoms with Crippen LogP contribution < -0.4 is 4.74 Å². The van der Waals surface area contributed by atoms with Crippen LogP contribution in [0.1, 0.15) is 0 Å². The molecule has 0 fully saturated rings. The first kappa shape index (κ1) is 18.1. The van der Waals surface area contributed by atoms with Gasteiger partial charge in [-0.2, -0.15) is 5.11 Å². The lowest BCUT2D eigenvalue weighted by Crippen LogP contribution is -2.07. The summed E-state index contributed by atoms with van der Waals surface area (Å²) in [5, 5.41) is 20.8. The molecular weight excluding hydrogens is 374 g/mol. The van der Waals surface area contributed by atoms with Crippen LogP contribution in [0.5, 0.6) is 11.6 Å². The van der Waals surface area contributed by atoms with Crippen LogP contribution in [0.15, 0.2) is 89.1 Å². The largest absolute Gasteiger partial charge is 0.493 e. The van der Waals surface area contributed by atoms with Gasteiger partial charge in [-0.25, -0.2) is 0 Å². The van der Waals surface area contributed by atoms with Crippen molar-refractivity contribution in [2.24, 2.45) is 10.2 Å². The number of benzene rings is 3. The van der Waals surface area contributed by atoms with Gasteiger partial charge in [0.15, 0.2) is 5.69 Å². The average molecular weight is 392 g/mol. The van der Waals surface area contributed by atoms with Gasteiger partial charge in [-0.05, 0) is 42.5 Å². The lowest BCUT2D eigenvalue weighted by molar-refractivity contribution is 0.290. The second-order valence-corrected chi connectivity index (χ2v) is 6.62.